The van der Waals surface area contributed by atoms with Crippen LogP contribution in [0.25, 0.3) is 0 Å². The van der Waals surface area contributed by atoms with Gasteiger partial charge in [0.1, 0.15) is 36.1 Å². The Kier molecular flexibility index (Phi) is 4.30. The van der Waals surface area contributed by atoms with E-state index in [1.807, 2.05) is 0 Å². The van der Waals surface area contributed by atoms with E-state index >= 15 is 0 Å². The summed E-state index contributed by atoms with van der Waals surface area (Å²) in [7, 11) is 0. The topological polar surface area (TPSA) is 162 Å². The van der Waals surface area contributed by atoms with Crippen LogP contribution in [0.5, 0.6) is 0 Å². The predicted molar refractivity (Wildman–Crippen MR) is 76.5 cm³/mol. The molecule has 0 aromatic carbocycles. The fourth-order valence-corrected chi connectivity index (χ4v) is 4.17. The van der Waals surface area contributed by atoms with E-state index in [-0.39, 0.29) is 12.5 Å². The summed E-state index contributed by atoms with van der Waals surface area (Å²) in [6.45, 7) is -0.908. The van der Waals surface area contributed by atoms with Gasteiger partial charge in [-0.2, -0.15) is 0 Å². The van der Waals surface area contributed by atoms with E-state index < -0.39 is 67.3 Å². The zero-order chi connectivity index (χ0) is 17.9. The van der Waals surface area contributed by atoms with E-state index in [9.17, 15) is 30.6 Å². The molecule has 0 spiro atoms. The fourth-order valence-electron chi connectivity index (χ4n) is 4.17. The minimum Gasteiger partial charge on any atom is -0.472 e. The summed E-state index contributed by atoms with van der Waals surface area (Å²) < 4.78 is 21.9. The third-order valence-corrected chi connectivity index (χ3v) is 5.62. The van der Waals surface area contributed by atoms with Crippen molar-refractivity contribution in [1.82, 2.24) is 0 Å². The third-order valence-electron chi connectivity index (χ3n) is 5.62. The molecule has 10 nitrogen and oxygen atoms in total. The lowest BCUT2D eigenvalue weighted by Crippen LogP contribution is -2.60. The van der Waals surface area contributed by atoms with Gasteiger partial charge in [-0.05, 0) is 6.08 Å². The first-order chi connectivity index (χ1) is 11.9. The number of rotatable bonds is 4. The van der Waals surface area contributed by atoms with Crippen LogP contribution in [-0.2, 0) is 18.9 Å². The van der Waals surface area contributed by atoms with Crippen LogP contribution in [0, 0.1) is 11.8 Å². The van der Waals surface area contributed by atoms with Crippen LogP contribution in [0.3, 0.4) is 0 Å². The molecule has 5 unspecified atom stereocenters. The second-order valence-corrected chi connectivity index (χ2v) is 6.91. The van der Waals surface area contributed by atoms with Crippen LogP contribution in [0.15, 0.2) is 12.3 Å². The molecule has 2 saturated heterocycles. The molecule has 3 aliphatic heterocycles. The summed E-state index contributed by atoms with van der Waals surface area (Å²) in [6.07, 6.45) is -6.47. The maximum Gasteiger partial charge on any atom is 0.208 e. The third kappa shape index (κ3) is 2.45. The molecule has 1 saturated carbocycles. The van der Waals surface area contributed by atoms with E-state index in [1.54, 1.807) is 6.08 Å². The first-order valence-corrected chi connectivity index (χ1v) is 8.19. The molecule has 1 aliphatic carbocycles. The van der Waals surface area contributed by atoms with Crippen molar-refractivity contribution >= 4 is 0 Å². The van der Waals surface area contributed by atoms with Crippen molar-refractivity contribution in [1.29, 1.82) is 0 Å². The van der Waals surface area contributed by atoms with E-state index in [4.69, 9.17) is 18.9 Å². The Labute approximate surface area is 142 Å². The average Bonchev–Trinajstić information content (AvgIpc) is 3.31. The monoisotopic (exact) mass is 362 g/mol. The number of aliphatic hydroxyl groups excluding tert-OH is 6. The molecule has 6 N–H and O–H groups in total. The Hall–Kier alpha value is -0.820. The van der Waals surface area contributed by atoms with Crippen molar-refractivity contribution in [2.75, 3.05) is 13.2 Å². The molecular weight excluding hydrogens is 340 g/mol. The van der Waals surface area contributed by atoms with Crippen LogP contribution in [0.2, 0.25) is 0 Å². The van der Waals surface area contributed by atoms with Gasteiger partial charge in [0.25, 0.3) is 0 Å². The van der Waals surface area contributed by atoms with Gasteiger partial charge in [0.05, 0.1) is 31.5 Å². The van der Waals surface area contributed by atoms with Gasteiger partial charge in [0.2, 0.25) is 6.29 Å². The maximum absolute atomic E-state index is 10.3. The van der Waals surface area contributed by atoms with Gasteiger partial charge in [-0.3, -0.25) is 0 Å². The molecule has 142 valence electrons. The van der Waals surface area contributed by atoms with Crippen molar-refractivity contribution in [2.24, 2.45) is 11.8 Å². The summed E-state index contributed by atoms with van der Waals surface area (Å²) in [6, 6.07) is 0. The predicted octanol–water partition coefficient (Wildman–Crippen LogP) is -3.59. The molecule has 11 atom stereocenters. The smallest absolute Gasteiger partial charge is 0.208 e. The molecule has 0 bridgehead atoms. The number of hydrogen-bond donors (Lipinski definition) is 6. The highest BCUT2D eigenvalue weighted by molar-refractivity contribution is 5.24. The molecule has 0 radical (unpaired) electrons. The van der Waals surface area contributed by atoms with Crippen molar-refractivity contribution in [3.8, 4) is 0 Å². The largest absolute Gasteiger partial charge is 0.472 e. The van der Waals surface area contributed by atoms with Crippen LogP contribution in [0.1, 0.15) is 0 Å². The normalized spacial score (nSPS) is 56.9. The van der Waals surface area contributed by atoms with Crippen molar-refractivity contribution in [3.05, 3.63) is 12.3 Å². The number of fused-ring (bicyclic) bond motifs is 3. The summed E-state index contributed by atoms with van der Waals surface area (Å²) in [5, 5.41) is 59.0. The SMILES string of the molecule is OCC1OC(O[C@@H]2OC=C[C@H]3[C@H](O)[C@@H]4O[C@]4(CO)[C@@H]23)C(O)C(O)C1O. The second kappa shape index (κ2) is 6.12. The number of aliphatic hydroxyl groups is 6. The maximum atomic E-state index is 10.3. The Bertz CT molecular complexity index is 540. The van der Waals surface area contributed by atoms with Gasteiger partial charge in [-0.25, -0.2) is 0 Å². The molecule has 10 heteroatoms. The molecule has 3 heterocycles. The summed E-state index contributed by atoms with van der Waals surface area (Å²) in [5.41, 5.74) is -0.992. The Morgan fingerprint density at radius 2 is 1.72 bits per heavy atom. The molecule has 0 amide bonds. The first kappa shape index (κ1) is 17.6. The average molecular weight is 362 g/mol. The van der Waals surface area contributed by atoms with Crippen molar-refractivity contribution < 1.29 is 49.6 Å². The molecule has 4 aliphatic rings. The standard InChI is InChI=1S/C15H22O10/c16-3-6-9(19)10(20)11(21)14(23-6)24-13-7-5(1-2-22-13)8(18)12-15(7,4-17)25-12/h1-2,5-14,16-21H,3-4H2/t5-,6?,7-,8+,9?,10?,11?,12+,13+,14?,15-/m1/s1. The van der Waals surface area contributed by atoms with Crippen LogP contribution < -0.4 is 0 Å². The number of epoxide rings is 1. The number of hydrogen-bond acceptors (Lipinski definition) is 10. The van der Waals surface area contributed by atoms with Gasteiger partial charge < -0.3 is 49.6 Å². The minimum absolute atomic E-state index is 0.332. The summed E-state index contributed by atoms with van der Waals surface area (Å²) in [4.78, 5) is 0. The zero-order valence-corrected chi connectivity index (χ0v) is 13.2. The van der Waals surface area contributed by atoms with E-state index in [0.717, 1.165) is 0 Å². The van der Waals surface area contributed by atoms with E-state index in [2.05, 4.69) is 0 Å². The zero-order valence-electron chi connectivity index (χ0n) is 13.2. The Morgan fingerprint density at radius 1 is 0.960 bits per heavy atom. The van der Waals surface area contributed by atoms with Gasteiger partial charge in [-0.15, -0.1) is 0 Å². The number of ether oxygens (including phenoxy) is 4. The molecule has 3 fully saturated rings. The van der Waals surface area contributed by atoms with Crippen LogP contribution in [-0.4, -0.2) is 98.7 Å². The summed E-state index contributed by atoms with van der Waals surface area (Å²) in [5.74, 6) is -0.913. The highest BCUT2D eigenvalue weighted by Crippen LogP contribution is 2.59. The van der Waals surface area contributed by atoms with Gasteiger partial charge in [0, 0.05) is 5.92 Å². The van der Waals surface area contributed by atoms with Crippen LogP contribution >= 0.6 is 0 Å². The molecule has 4 rings (SSSR count). The van der Waals surface area contributed by atoms with E-state index in [0.29, 0.717) is 0 Å². The van der Waals surface area contributed by atoms with Crippen molar-refractivity contribution in [3.63, 3.8) is 0 Å². The quantitative estimate of drug-likeness (QED) is 0.276. The minimum atomic E-state index is -1.57. The van der Waals surface area contributed by atoms with Crippen molar-refractivity contribution in [2.45, 2.75) is 54.8 Å². The Balaban J connectivity index is 1.53. The van der Waals surface area contributed by atoms with E-state index in [1.165, 1.54) is 6.26 Å². The highest BCUT2D eigenvalue weighted by atomic mass is 16.8. The molecule has 25 heavy (non-hydrogen) atoms. The van der Waals surface area contributed by atoms with Gasteiger partial charge >= 0.3 is 0 Å². The highest BCUT2D eigenvalue weighted by Gasteiger charge is 2.75. The summed E-state index contributed by atoms with van der Waals surface area (Å²) >= 11 is 0. The molecule has 0 aromatic rings. The first-order valence-electron chi connectivity index (χ1n) is 8.19. The molecular formula is C15H22O10. The second-order valence-electron chi connectivity index (χ2n) is 6.91. The van der Waals surface area contributed by atoms with Gasteiger partial charge in [-0.1, -0.05) is 0 Å². The van der Waals surface area contributed by atoms with Gasteiger partial charge in [0.15, 0.2) is 6.29 Å². The lowest BCUT2D eigenvalue weighted by atomic mass is 9.85. The lowest BCUT2D eigenvalue weighted by Gasteiger charge is -2.43. The fraction of sp³-hybridized carbons (Fsp3) is 0.867. The lowest BCUT2D eigenvalue weighted by molar-refractivity contribution is -0.344. The molecule has 0 aromatic heterocycles. The van der Waals surface area contributed by atoms with Crippen LogP contribution in [0.4, 0.5) is 0 Å². The Morgan fingerprint density at radius 3 is 2.40 bits per heavy atom.